The van der Waals surface area contributed by atoms with Gasteiger partial charge < -0.3 is 10.2 Å². The van der Waals surface area contributed by atoms with E-state index in [1.54, 1.807) is 29.9 Å². The predicted molar refractivity (Wildman–Crippen MR) is 124 cm³/mol. The number of likely N-dealkylation sites (N-methyl/N-ethyl adjacent to an activating group) is 1. The lowest BCUT2D eigenvalue weighted by Crippen LogP contribution is -2.35. The lowest BCUT2D eigenvalue weighted by Gasteiger charge is -2.18. The molecule has 162 valence electrons. The molecule has 0 atom stereocenters. The van der Waals surface area contributed by atoms with Gasteiger partial charge in [-0.15, -0.1) is 0 Å². The third kappa shape index (κ3) is 5.33. The molecular formula is C24H27ClN4O2. The molecule has 2 amide bonds. The second-order valence-corrected chi connectivity index (χ2v) is 9.01. The average Bonchev–Trinajstić information content (AvgIpc) is 3.12. The standard InChI is InChI=1S/C24H27ClN4O2/c1-16-8-6-7-9-19(16)23(31)28(5)15-22(30)26-21-14-20(24(2,3)4)27-29(21)18-12-10-17(25)11-13-18/h6-14H,15H2,1-5H3,(H,26,30). The monoisotopic (exact) mass is 438 g/mol. The molecule has 0 aliphatic heterocycles. The first-order chi connectivity index (χ1) is 14.6. The molecule has 0 aliphatic rings. The van der Waals surface area contributed by atoms with E-state index in [2.05, 4.69) is 31.2 Å². The van der Waals surface area contributed by atoms with E-state index in [4.69, 9.17) is 11.6 Å². The summed E-state index contributed by atoms with van der Waals surface area (Å²) in [6.45, 7) is 7.97. The quantitative estimate of drug-likeness (QED) is 0.619. The first-order valence-electron chi connectivity index (χ1n) is 10.0. The zero-order chi connectivity index (χ0) is 22.8. The highest BCUT2D eigenvalue weighted by atomic mass is 35.5. The Bertz CT molecular complexity index is 1100. The van der Waals surface area contributed by atoms with E-state index in [1.165, 1.54) is 4.90 Å². The molecule has 3 rings (SSSR count). The maximum Gasteiger partial charge on any atom is 0.254 e. The number of carbonyl (C=O) groups excluding carboxylic acids is 2. The van der Waals surface area contributed by atoms with Crippen LogP contribution in [0.25, 0.3) is 5.69 Å². The fourth-order valence-electron chi connectivity index (χ4n) is 3.10. The number of halogens is 1. The number of carbonyl (C=O) groups is 2. The maximum absolute atomic E-state index is 12.8. The van der Waals surface area contributed by atoms with Crippen LogP contribution in [0.3, 0.4) is 0 Å². The molecule has 0 saturated heterocycles. The summed E-state index contributed by atoms with van der Waals surface area (Å²) in [5, 5.41) is 8.21. The van der Waals surface area contributed by atoms with Gasteiger partial charge >= 0.3 is 0 Å². The van der Waals surface area contributed by atoms with E-state index in [0.29, 0.717) is 16.4 Å². The van der Waals surface area contributed by atoms with E-state index in [-0.39, 0.29) is 23.8 Å². The number of hydrogen-bond acceptors (Lipinski definition) is 3. The SMILES string of the molecule is Cc1ccccc1C(=O)N(C)CC(=O)Nc1cc(C(C)(C)C)nn1-c1ccc(Cl)cc1. The number of amides is 2. The molecule has 0 radical (unpaired) electrons. The molecule has 1 heterocycles. The van der Waals surface area contributed by atoms with Gasteiger partial charge in [-0.3, -0.25) is 9.59 Å². The minimum absolute atomic E-state index is 0.0795. The normalized spacial score (nSPS) is 11.3. The van der Waals surface area contributed by atoms with Crippen LogP contribution in [0.15, 0.2) is 54.6 Å². The first kappa shape index (κ1) is 22.6. The highest BCUT2D eigenvalue weighted by molar-refractivity contribution is 6.30. The van der Waals surface area contributed by atoms with Crippen LogP contribution in [0.4, 0.5) is 5.82 Å². The second-order valence-electron chi connectivity index (χ2n) is 8.58. The molecule has 0 unspecified atom stereocenters. The van der Waals surface area contributed by atoms with E-state index >= 15 is 0 Å². The molecule has 0 aliphatic carbocycles. The Labute approximate surface area is 187 Å². The summed E-state index contributed by atoms with van der Waals surface area (Å²) in [6, 6.07) is 16.4. The predicted octanol–water partition coefficient (Wildman–Crippen LogP) is 4.84. The number of aryl methyl sites for hydroxylation is 1. The summed E-state index contributed by atoms with van der Waals surface area (Å²) in [6.07, 6.45) is 0. The minimum atomic E-state index is -0.306. The molecule has 0 saturated carbocycles. The van der Waals surface area contributed by atoms with Crippen molar-refractivity contribution in [3.8, 4) is 5.69 Å². The van der Waals surface area contributed by atoms with Crippen molar-refractivity contribution in [2.24, 2.45) is 0 Å². The molecule has 1 N–H and O–H groups in total. The zero-order valence-electron chi connectivity index (χ0n) is 18.4. The van der Waals surface area contributed by atoms with Crippen molar-refractivity contribution in [1.29, 1.82) is 0 Å². The highest BCUT2D eigenvalue weighted by Gasteiger charge is 2.22. The Balaban J connectivity index is 1.81. The lowest BCUT2D eigenvalue weighted by atomic mass is 9.92. The molecule has 2 aromatic carbocycles. The van der Waals surface area contributed by atoms with Gasteiger partial charge in [-0.05, 0) is 42.8 Å². The average molecular weight is 439 g/mol. The number of nitrogens with zero attached hydrogens (tertiary/aromatic N) is 3. The molecule has 6 nitrogen and oxygen atoms in total. The van der Waals surface area contributed by atoms with E-state index in [0.717, 1.165) is 16.9 Å². The van der Waals surface area contributed by atoms with Crippen LogP contribution in [0.5, 0.6) is 0 Å². The fourth-order valence-corrected chi connectivity index (χ4v) is 3.23. The Morgan fingerprint density at radius 3 is 2.35 bits per heavy atom. The van der Waals surface area contributed by atoms with Crippen molar-refractivity contribution >= 4 is 29.2 Å². The number of aromatic nitrogens is 2. The van der Waals surface area contributed by atoms with E-state index in [9.17, 15) is 9.59 Å². The lowest BCUT2D eigenvalue weighted by molar-refractivity contribution is -0.116. The van der Waals surface area contributed by atoms with Crippen molar-refractivity contribution in [3.63, 3.8) is 0 Å². The van der Waals surface area contributed by atoms with Crippen LogP contribution < -0.4 is 5.32 Å². The van der Waals surface area contributed by atoms with Gasteiger partial charge in [0.05, 0.1) is 17.9 Å². The largest absolute Gasteiger partial charge is 0.332 e. The summed E-state index contributed by atoms with van der Waals surface area (Å²) >= 11 is 6.01. The maximum atomic E-state index is 12.8. The van der Waals surface area contributed by atoms with Crippen LogP contribution in [0.1, 0.15) is 42.4 Å². The first-order valence-corrected chi connectivity index (χ1v) is 10.4. The van der Waals surface area contributed by atoms with Crippen LogP contribution in [-0.4, -0.2) is 40.1 Å². The van der Waals surface area contributed by atoms with Crippen molar-refractivity contribution in [2.45, 2.75) is 33.1 Å². The van der Waals surface area contributed by atoms with Gasteiger partial charge in [-0.25, -0.2) is 4.68 Å². The van der Waals surface area contributed by atoms with Gasteiger partial charge in [0.15, 0.2) is 0 Å². The molecular weight excluding hydrogens is 412 g/mol. The third-order valence-corrected chi connectivity index (χ3v) is 5.17. The number of benzene rings is 2. The Morgan fingerprint density at radius 2 is 1.74 bits per heavy atom. The van der Waals surface area contributed by atoms with Gasteiger partial charge in [0, 0.05) is 29.1 Å². The topological polar surface area (TPSA) is 67.2 Å². The molecule has 1 aromatic heterocycles. The van der Waals surface area contributed by atoms with Crippen LogP contribution >= 0.6 is 11.6 Å². The number of nitrogens with one attached hydrogen (secondary N) is 1. The zero-order valence-corrected chi connectivity index (χ0v) is 19.2. The molecule has 0 spiro atoms. The second kappa shape index (κ2) is 8.94. The van der Waals surface area contributed by atoms with Gasteiger partial charge in [0.1, 0.15) is 5.82 Å². The summed E-state index contributed by atoms with van der Waals surface area (Å²) in [5.41, 5.74) is 2.87. The fraction of sp³-hybridized carbons (Fsp3) is 0.292. The highest BCUT2D eigenvalue weighted by Crippen LogP contribution is 2.27. The molecule has 0 fully saturated rings. The van der Waals surface area contributed by atoms with Crippen molar-refractivity contribution < 1.29 is 9.59 Å². The van der Waals surface area contributed by atoms with Gasteiger partial charge in [0.2, 0.25) is 5.91 Å². The van der Waals surface area contributed by atoms with Gasteiger partial charge in [0.25, 0.3) is 5.91 Å². The van der Waals surface area contributed by atoms with Crippen LogP contribution in [0.2, 0.25) is 5.02 Å². The Kier molecular flexibility index (Phi) is 6.51. The Hall–Kier alpha value is -3.12. The number of hydrogen-bond donors (Lipinski definition) is 1. The van der Waals surface area contributed by atoms with Crippen molar-refractivity contribution in [2.75, 3.05) is 18.9 Å². The minimum Gasteiger partial charge on any atom is -0.332 e. The molecule has 31 heavy (non-hydrogen) atoms. The smallest absolute Gasteiger partial charge is 0.254 e. The van der Waals surface area contributed by atoms with Crippen molar-refractivity contribution in [1.82, 2.24) is 14.7 Å². The summed E-state index contributed by atoms with van der Waals surface area (Å²) < 4.78 is 1.68. The van der Waals surface area contributed by atoms with Crippen LogP contribution in [-0.2, 0) is 10.2 Å². The van der Waals surface area contributed by atoms with Crippen molar-refractivity contribution in [3.05, 3.63) is 76.4 Å². The molecule has 3 aromatic rings. The number of rotatable bonds is 5. The van der Waals surface area contributed by atoms with Crippen LogP contribution in [0, 0.1) is 6.92 Å². The van der Waals surface area contributed by atoms with E-state index < -0.39 is 0 Å². The van der Waals surface area contributed by atoms with Gasteiger partial charge in [-0.1, -0.05) is 50.6 Å². The summed E-state index contributed by atoms with van der Waals surface area (Å²) in [4.78, 5) is 26.9. The van der Waals surface area contributed by atoms with Gasteiger partial charge in [-0.2, -0.15) is 5.10 Å². The summed E-state index contributed by atoms with van der Waals surface area (Å²) in [7, 11) is 1.62. The molecule has 7 heteroatoms. The third-order valence-electron chi connectivity index (χ3n) is 4.92. The summed E-state index contributed by atoms with van der Waals surface area (Å²) in [5.74, 6) is 0.0313. The Morgan fingerprint density at radius 1 is 1.10 bits per heavy atom. The van der Waals surface area contributed by atoms with E-state index in [1.807, 2.05) is 43.3 Å². The molecule has 0 bridgehead atoms. The number of anilines is 1.